The second-order valence-corrected chi connectivity index (χ2v) is 4.68. The molecule has 3 rings (SSSR count). The van der Waals surface area contributed by atoms with Crippen LogP contribution in [-0.2, 0) is 0 Å². The molecule has 0 amide bonds. The van der Waals surface area contributed by atoms with Crippen LogP contribution in [0.4, 0.5) is 5.95 Å². The average Bonchev–Trinajstić information content (AvgIpc) is 3.07. The van der Waals surface area contributed by atoms with E-state index in [-0.39, 0.29) is 0 Å². The van der Waals surface area contributed by atoms with E-state index < -0.39 is 0 Å². The fourth-order valence-corrected chi connectivity index (χ4v) is 1.97. The van der Waals surface area contributed by atoms with Crippen LogP contribution in [0.15, 0.2) is 18.3 Å². The van der Waals surface area contributed by atoms with Crippen LogP contribution < -0.4 is 5.32 Å². The lowest BCUT2D eigenvalue weighted by Gasteiger charge is -2.06. The summed E-state index contributed by atoms with van der Waals surface area (Å²) in [5, 5.41) is 7.72. The molecule has 0 atom stereocenters. The molecule has 0 bridgehead atoms. The van der Waals surface area contributed by atoms with E-state index in [2.05, 4.69) is 26.4 Å². The van der Waals surface area contributed by atoms with E-state index in [1.54, 1.807) is 0 Å². The van der Waals surface area contributed by atoms with Gasteiger partial charge in [-0.1, -0.05) is 0 Å². The molecule has 0 saturated heterocycles. The molecule has 1 aliphatic rings. The van der Waals surface area contributed by atoms with Gasteiger partial charge >= 0.3 is 0 Å². The van der Waals surface area contributed by atoms with Crippen LogP contribution in [0, 0.1) is 6.92 Å². The Morgan fingerprint density at radius 2 is 2.22 bits per heavy atom. The van der Waals surface area contributed by atoms with Crippen molar-refractivity contribution in [1.82, 2.24) is 19.7 Å². The summed E-state index contributed by atoms with van der Waals surface area (Å²) < 4.78 is 1.84. The number of nitrogens with zero attached hydrogens (tertiary/aromatic N) is 4. The summed E-state index contributed by atoms with van der Waals surface area (Å²) in [5.74, 6) is 2.16. The number of hydrogen-bond donors (Lipinski definition) is 1. The summed E-state index contributed by atoms with van der Waals surface area (Å²) in [4.78, 5) is 8.80. The van der Waals surface area contributed by atoms with Crippen LogP contribution in [0.1, 0.15) is 37.1 Å². The average molecular weight is 243 g/mol. The van der Waals surface area contributed by atoms with E-state index in [1.807, 2.05) is 30.8 Å². The van der Waals surface area contributed by atoms with Gasteiger partial charge in [-0.25, -0.2) is 9.67 Å². The maximum Gasteiger partial charge on any atom is 0.224 e. The molecule has 2 heterocycles. The molecule has 1 fully saturated rings. The Morgan fingerprint density at radius 3 is 2.94 bits per heavy atom. The highest BCUT2D eigenvalue weighted by molar-refractivity contribution is 5.34. The van der Waals surface area contributed by atoms with Crippen molar-refractivity contribution >= 4 is 5.95 Å². The van der Waals surface area contributed by atoms with E-state index in [0.717, 1.165) is 18.1 Å². The third-order valence-electron chi connectivity index (χ3n) is 3.02. The minimum atomic E-state index is 0.663. The van der Waals surface area contributed by atoms with E-state index in [1.165, 1.54) is 18.5 Å². The van der Waals surface area contributed by atoms with Crippen molar-refractivity contribution in [2.24, 2.45) is 0 Å². The Balaban J connectivity index is 1.93. The molecule has 1 saturated carbocycles. The summed E-state index contributed by atoms with van der Waals surface area (Å²) in [5.41, 5.74) is 2.12. The van der Waals surface area contributed by atoms with E-state index in [4.69, 9.17) is 0 Å². The number of aromatic nitrogens is 4. The van der Waals surface area contributed by atoms with Crippen molar-refractivity contribution in [2.75, 3.05) is 11.9 Å². The molecule has 5 nitrogen and oxygen atoms in total. The Labute approximate surface area is 106 Å². The first kappa shape index (κ1) is 11.2. The van der Waals surface area contributed by atoms with Gasteiger partial charge in [0.05, 0.1) is 5.69 Å². The highest BCUT2D eigenvalue weighted by atomic mass is 15.3. The van der Waals surface area contributed by atoms with Gasteiger partial charge in [0.2, 0.25) is 5.95 Å². The normalized spacial score (nSPS) is 14.8. The zero-order valence-corrected chi connectivity index (χ0v) is 10.7. The molecule has 1 aliphatic carbocycles. The third kappa shape index (κ3) is 2.20. The first-order chi connectivity index (χ1) is 8.76. The molecule has 18 heavy (non-hydrogen) atoms. The Kier molecular flexibility index (Phi) is 2.74. The lowest BCUT2D eigenvalue weighted by molar-refractivity contribution is 0.805. The second kappa shape index (κ2) is 4.40. The molecular weight excluding hydrogens is 226 g/mol. The van der Waals surface area contributed by atoms with Gasteiger partial charge in [-0.2, -0.15) is 10.1 Å². The lowest BCUT2D eigenvalue weighted by Crippen LogP contribution is -2.07. The highest BCUT2D eigenvalue weighted by Gasteiger charge is 2.26. The molecule has 0 unspecified atom stereocenters. The smallest absolute Gasteiger partial charge is 0.224 e. The standard InChI is InChI=1S/C13H17N5/c1-3-14-13-15-9(2)8-12(16-13)18-7-6-11(17-18)10-4-5-10/h6-8,10H,3-5H2,1-2H3,(H,14,15,16). The number of anilines is 1. The molecular formula is C13H17N5. The van der Waals surface area contributed by atoms with Gasteiger partial charge in [0.25, 0.3) is 0 Å². The van der Waals surface area contributed by atoms with E-state index in [0.29, 0.717) is 11.9 Å². The first-order valence-electron chi connectivity index (χ1n) is 6.42. The summed E-state index contributed by atoms with van der Waals surface area (Å²) in [6, 6.07) is 4.03. The van der Waals surface area contributed by atoms with Crippen molar-refractivity contribution in [3.05, 3.63) is 29.7 Å². The van der Waals surface area contributed by atoms with Crippen LogP contribution in [0.25, 0.3) is 5.82 Å². The van der Waals surface area contributed by atoms with Crippen LogP contribution in [0.5, 0.6) is 0 Å². The van der Waals surface area contributed by atoms with Crippen LogP contribution in [0.3, 0.4) is 0 Å². The Hall–Kier alpha value is -1.91. The molecule has 0 radical (unpaired) electrons. The number of nitrogens with one attached hydrogen (secondary N) is 1. The van der Waals surface area contributed by atoms with Gasteiger partial charge in [-0.15, -0.1) is 0 Å². The van der Waals surface area contributed by atoms with Gasteiger partial charge < -0.3 is 5.32 Å². The Morgan fingerprint density at radius 1 is 1.39 bits per heavy atom. The van der Waals surface area contributed by atoms with Crippen molar-refractivity contribution in [1.29, 1.82) is 0 Å². The van der Waals surface area contributed by atoms with Crippen LogP contribution in [0.2, 0.25) is 0 Å². The molecule has 94 valence electrons. The molecule has 0 aliphatic heterocycles. The third-order valence-corrected chi connectivity index (χ3v) is 3.02. The first-order valence-corrected chi connectivity index (χ1v) is 6.42. The minimum absolute atomic E-state index is 0.663. The Bertz CT molecular complexity index is 556. The minimum Gasteiger partial charge on any atom is -0.354 e. The molecule has 1 N–H and O–H groups in total. The second-order valence-electron chi connectivity index (χ2n) is 4.68. The molecule has 2 aromatic heterocycles. The zero-order valence-electron chi connectivity index (χ0n) is 10.7. The molecule has 2 aromatic rings. The number of aryl methyl sites for hydroxylation is 1. The molecule has 0 spiro atoms. The quantitative estimate of drug-likeness (QED) is 0.895. The predicted molar refractivity (Wildman–Crippen MR) is 70.0 cm³/mol. The maximum atomic E-state index is 4.58. The van der Waals surface area contributed by atoms with Crippen molar-refractivity contribution in [3.63, 3.8) is 0 Å². The molecule has 0 aromatic carbocycles. The van der Waals surface area contributed by atoms with Crippen LogP contribution in [-0.4, -0.2) is 26.3 Å². The lowest BCUT2D eigenvalue weighted by atomic mass is 10.3. The summed E-state index contributed by atoms with van der Waals surface area (Å²) in [6.07, 6.45) is 4.51. The summed E-state index contributed by atoms with van der Waals surface area (Å²) in [7, 11) is 0. The van der Waals surface area contributed by atoms with Gasteiger partial charge in [-0.05, 0) is 32.8 Å². The fraction of sp³-hybridized carbons (Fsp3) is 0.462. The largest absolute Gasteiger partial charge is 0.354 e. The van der Waals surface area contributed by atoms with E-state index in [9.17, 15) is 0 Å². The van der Waals surface area contributed by atoms with Crippen LogP contribution >= 0.6 is 0 Å². The van der Waals surface area contributed by atoms with Gasteiger partial charge in [0.1, 0.15) is 0 Å². The monoisotopic (exact) mass is 243 g/mol. The molecule has 5 heteroatoms. The topological polar surface area (TPSA) is 55.6 Å². The highest BCUT2D eigenvalue weighted by Crippen LogP contribution is 2.38. The van der Waals surface area contributed by atoms with Gasteiger partial charge in [-0.3, -0.25) is 0 Å². The number of rotatable bonds is 4. The van der Waals surface area contributed by atoms with Crippen molar-refractivity contribution in [3.8, 4) is 5.82 Å². The predicted octanol–water partition coefficient (Wildman–Crippen LogP) is 2.28. The maximum absolute atomic E-state index is 4.58. The summed E-state index contributed by atoms with van der Waals surface area (Å²) >= 11 is 0. The van der Waals surface area contributed by atoms with E-state index >= 15 is 0 Å². The zero-order chi connectivity index (χ0) is 12.5. The van der Waals surface area contributed by atoms with Crippen molar-refractivity contribution < 1.29 is 0 Å². The number of hydrogen-bond acceptors (Lipinski definition) is 4. The fourth-order valence-electron chi connectivity index (χ4n) is 1.97. The van der Waals surface area contributed by atoms with Gasteiger partial charge in [0, 0.05) is 30.4 Å². The summed E-state index contributed by atoms with van der Waals surface area (Å²) in [6.45, 7) is 4.82. The van der Waals surface area contributed by atoms with Gasteiger partial charge in [0.15, 0.2) is 5.82 Å². The van der Waals surface area contributed by atoms with Crippen molar-refractivity contribution in [2.45, 2.75) is 32.6 Å². The SMILES string of the molecule is CCNc1nc(C)cc(-n2ccc(C3CC3)n2)n1.